The molecule has 0 aliphatic carbocycles. The van der Waals surface area contributed by atoms with Gasteiger partial charge < -0.3 is 15.2 Å². The first-order valence-electron chi connectivity index (χ1n) is 6.88. The maximum Gasteiger partial charge on any atom is 0.105 e. The number of aliphatic hydroxyl groups is 1. The molecule has 0 aromatic heterocycles. The SMILES string of the molecule is CCC(NCC1(O)CCOC1C)c1cccc(Cl)c1. The van der Waals surface area contributed by atoms with E-state index >= 15 is 0 Å². The Balaban J connectivity index is 2.00. The van der Waals surface area contributed by atoms with Crippen LogP contribution in [0.15, 0.2) is 24.3 Å². The number of ether oxygens (including phenoxy) is 1. The second-order valence-corrected chi connectivity index (χ2v) is 5.70. The molecule has 1 aliphatic rings. The third-order valence-electron chi connectivity index (χ3n) is 3.97. The van der Waals surface area contributed by atoms with Crippen LogP contribution in [0.4, 0.5) is 0 Å². The summed E-state index contributed by atoms with van der Waals surface area (Å²) in [4.78, 5) is 0. The van der Waals surface area contributed by atoms with Crippen LogP contribution >= 0.6 is 11.6 Å². The third kappa shape index (κ3) is 3.48. The smallest absolute Gasteiger partial charge is 0.105 e. The summed E-state index contributed by atoms with van der Waals surface area (Å²) in [5.41, 5.74) is 0.400. The van der Waals surface area contributed by atoms with Crippen molar-refractivity contribution in [1.82, 2.24) is 5.32 Å². The van der Waals surface area contributed by atoms with Crippen LogP contribution in [0.5, 0.6) is 0 Å². The van der Waals surface area contributed by atoms with Gasteiger partial charge in [-0.2, -0.15) is 0 Å². The molecule has 1 aliphatic heterocycles. The highest BCUT2D eigenvalue weighted by molar-refractivity contribution is 6.30. The van der Waals surface area contributed by atoms with E-state index in [-0.39, 0.29) is 12.1 Å². The van der Waals surface area contributed by atoms with Crippen molar-refractivity contribution in [1.29, 1.82) is 0 Å². The summed E-state index contributed by atoms with van der Waals surface area (Å²) < 4.78 is 5.45. The van der Waals surface area contributed by atoms with E-state index in [0.29, 0.717) is 19.6 Å². The van der Waals surface area contributed by atoms with Crippen LogP contribution in [0.1, 0.15) is 38.3 Å². The van der Waals surface area contributed by atoms with Crippen LogP contribution in [-0.4, -0.2) is 30.0 Å². The quantitative estimate of drug-likeness (QED) is 0.873. The van der Waals surface area contributed by atoms with Gasteiger partial charge in [-0.15, -0.1) is 0 Å². The predicted octanol–water partition coefficient (Wildman–Crippen LogP) is 2.92. The molecule has 1 fully saturated rings. The van der Waals surface area contributed by atoms with E-state index in [1.165, 1.54) is 0 Å². The maximum atomic E-state index is 10.5. The Bertz CT molecular complexity index is 426. The van der Waals surface area contributed by atoms with E-state index in [9.17, 15) is 5.11 Å². The van der Waals surface area contributed by atoms with Gasteiger partial charge >= 0.3 is 0 Å². The molecule has 1 heterocycles. The maximum absolute atomic E-state index is 10.5. The number of nitrogens with one attached hydrogen (secondary N) is 1. The van der Waals surface area contributed by atoms with Gasteiger partial charge in [0.2, 0.25) is 0 Å². The summed E-state index contributed by atoms with van der Waals surface area (Å²) in [6.45, 7) is 5.22. The molecule has 1 aromatic rings. The molecule has 0 spiro atoms. The first-order chi connectivity index (χ1) is 9.05. The van der Waals surface area contributed by atoms with Gasteiger partial charge in [0.05, 0.1) is 6.10 Å². The van der Waals surface area contributed by atoms with Crippen LogP contribution < -0.4 is 5.32 Å². The van der Waals surface area contributed by atoms with Crippen LogP contribution in [0.2, 0.25) is 5.02 Å². The fourth-order valence-corrected chi connectivity index (χ4v) is 2.72. The lowest BCUT2D eigenvalue weighted by Gasteiger charge is -2.29. The Morgan fingerprint density at radius 1 is 1.58 bits per heavy atom. The number of halogens is 1. The monoisotopic (exact) mass is 283 g/mol. The number of benzene rings is 1. The average molecular weight is 284 g/mol. The van der Waals surface area contributed by atoms with Crippen molar-refractivity contribution in [3.05, 3.63) is 34.9 Å². The lowest BCUT2D eigenvalue weighted by molar-refractivity contribution is -0.0277. The van der Waals surface area contributed by atoms with E-state index in [4.69, 9.17) is 16.3 Å². The average Bonchev–Trinajstić information content (AvgIpc) is 2.71. The number of rotatable bonds is 5. The standard InChI is InChI=1S/C15H22ClNO2/c1-3-14(12-5-4-6-13(16)9-12)17-10-15(18)7-8-19-11(15)2/h4-6,9,11,14,17-18H,3,7-8,10H2,1-2H3. The summed E-state index contributed by atoms with van der Waals surface area (Å²) in [6.07, 6.45) is 1.52. The lowest BCUT2D eigenvalue weighted by atomic mass is 9.95. The van der Waals surface area contributed by atoms with E-state index in [2.05, 4.69) is 18.3 Å². The molecule has 3 nitrogen and oxygen atoms in total. The van der Waals surface area contributed by atoms with Gasteiger partial charge in [0, 0.05) is 30.6 Å². The number of hydrogen-bond donors (Lipinski definition) is 2. The van der Waals surface area contributed by atoms with Gasteiger partial charge in [-0.1, -0.05) is 30.7 Å². The van der Waals surface area contributed by atoms with Gasteiger partial charge in [-0.3, -0.25) is 0 Å². The van der Waals surface area contributed by atoms with Crippen LogP contribution in [0, 0.1) is 0 Å². The van der Waals surface area contributed by atoms with E-state index in [1.807, 2.05) is 25.1 Å². The van der Waals surface area contributed by atoms with Gasteiger partial charge in [0.1, 0.15) is 5.60 Å². The summed E-state index contributed by atoms with van der Waals surface area (Å²) in [6, 6.07) is 8.07. The zero-order valence-electron chi connectivity index (χ0n) is 11.5. The highest BCUT2D eigenvalue weighted by Crippen LogP contribution is 2.27. The minimum atomic E-state index is -0.758. The summed E-state index contributed by atoms with van der Waals surface area (Å²) >= 11 is 6.03. The van der Waals surface area contributed by atoms with Gasteiger partial charge in [0.25, 0.3) is 0 Å². The normalized spacial score (nSPS) is 28.5. The largest absolute Gasteiger partial charge is 0.386 e. The lowest BCUT2D eigenvalue weighted by Crippen LogP contribution is -2.46. The Morgan fingerprint density at radius 3 is 2.95 bits per heavy atom. The molecule has 1 saturated heterocycles. The second-order valence-electron chi connectivity index (χ2n) is 5.26. The molecule has 0 amide bonds. The molecule has 4 heteroatoms. The van der Waals surface area contributed by atoms with E-state index in [1.54, 1.807) is 0 Å². The van der Waals surface area contributed by atoms with Crippen molar-refractivity contribution in [2.24, 2.45) is 0 Å². The Labute approximate surface area is 119 Å². The molecular weight excluding hydrogens is 262 g/mol. The van der Waals surface area contributed by atoms with Crippen LogP contribution in [-0.2, 0) is 4.74 Å². The van der Waals surface area contributed by atoms with Crippen molar-refractivity contribution >= 4 is 11.6 Å². The molecular formula is C15H22ClNO2. The second kappa shape index (κ2) is 6.23. The molecule has 3 unspecified atom stereocenters. The molecule has 0 bridgehead atoms. The van der Waals surface area contributed by atoms with Crippen molar-refractivity contribution < 1.29 is 9.84 Å². The fourth-order valence-electron chi connectivity index (χ4n) is 2.52. The van der Waals surface area contributed by atoms with E-state index < -0.39 is 5.60 Å². The zero-order chi connectivity index (χ0) is 13.9. The zero-order valence-corrected chi connectivity index (χ0v) is 12.3. The third-order valence-corrected chi connectivity index (χ3v) is 4.21. The molecule has 3 atom stereocenters. The summed E-state index contributed by atoms with van der Waals surface area (Å²) in [5, 5.41) is 14.7. The molecule has 0 saturated carbocycles. The highest BCUT2D eigenvalue weighted by atomic mass is 35.5. The molecule has 106 valence electrons. The van der Waals surface area contributed by atoms with Crippen LogP contribution in [0.25, 0.3) is 0 Å². The molecule has 2 N–H and O–H groups in total. The fraction of sp³-hybridized carbons (Fsp3) is 0.600. The van der Waals surface area contributed by atoms with Crippen LogP contribution in [0.3, 0.4) is 0 Å². The minimum Gasteiger partial charge on any atom is -0.386 e. The van der Waals surface area contributed by atoms with Crippen molar-refractivity contribution in [3.8, 4) is 0 Å². The van der Waals surface area contributed by atoms with Gasteiger partial charge in [-0.25, -0.2) is 0 Å². The number of hydrogen-bond acceptors (Lipinski definition) is 3. The first kappa shape index (κ1) is 14.8. The molecule has 2 rings (SSSR count). The summed E-state index contributed by atoms with van der Waals surface area (Å²) in [5.74, 6) is 0. The molecule has 0 radical (unpaired) electrons. The first-order valence-corrected chi connectivity index (χ1v) is 7.26. The molecule has 1 aromatic carbocycles. The Morgan fingerprint density at radius 2 is 2.37 bits per heavy atom. The minimum absolute atomic E-state index is 0.114. The Hall–Kier alpha value is -0.610. The Kier molecular flexibility index (Phi) is 4.85. The topological polar surface area (TPSA) is 41.5 Å². The van der Waals surface area contributed by atoms with Crippen molar-refractivity contribution in [2.45, 2.75) is 44.4 Å². The summed E-state index contributed by atoms with van der Waals surface area (Å²) in [7, 11) is 0. The molecule has 19 heavy (non-hydrogen) atoms. The van der Waals surface area contributed by atoms with Gasteiger partial charge in [0.15, 0.2) is 0 Å². The van der Waals surface area contributed by atoms with Gasteiger partial charge in [-0.05, 0) is 31.0 Å². The van der Waals surface area contributed by atoms with Crippen molar-refractivity contribution in [2.75, 3.05) is 13.2 Å². The highest BCUT2D eigenvalue weighted by Gasteiger charge is 2.39. The van der Waals surface area contributed by atoms with E-state index in [0.717, 1.165) is 17.0 Å². The predicted molar refractivity (Wildman–Crippen MR) is 77.5 cm³/mol. The van der Waals surface area contributed by atoms with Crippen molar-refractivity contribution in [3.63, 3.8) is 0 Å².